The summed E-state index contributed by atoms with van der Waals surface area (Å²) in [5.41, 5.74) is 2.22. The smallest absolute Gasteiger partial charge is 0.234 e. The van der Waals surface area contributed by atoms with Crippen LogP contribution in [-0.4, -0.2) is 11.8 Å². The van der Waals surface area contributed by atoms with E-state index in [0.29, 0.717) is 12.2 Å². The maximum Gasteiger partial charge on any atom is 0.234 e. The fourth-order valence-electron chi connectivity index (χ4n) is 2.03. The van der Waals surface area contributed by atoms with E-state index < -0.39 is 0 Å². The zero-order valence-electron chi connectivity index (χ0n) is 12.9. The van der Waals surface area contributed by atoms with Crippen molar-refractivity contribution in [2.24, 2.45) is 0 Å². The Morgan fingerprint density at radius 2 is 1.58 bits per heavy atom. The largest absolute Gasteiger partial charge is 0.351 e. The minimum atomic E-state index is -0.336. The zero-order chi connectivity index (χ0) is 17.4. The third kappa shape index (κ3) is 5.54. The highest BCUT2D eigenvalue weighted by Crippen LogP contribution is 2.11. The van der Waals surface area contributed by atoms with Crippen molar-refractivity contribution >= 4 is 17.5 Å². The molecule has 2 aromatic rings. The normalized spacial score (nSPS) is 9.83. The van der Waals surface area contributed by atoms with Crippen LogP contribution in [0.3, 0.4) is 0 Å². The van der Waals surface area contributed by atoms with Crippen LogP contribution in [0, 0.1) is 17.1 Å². The lowest BCUT2D eigenvalue weighted by atomic mass is 10.1. The van der Waals surface area contributed by atoms with Crippen LogP contribution in [0.2, 0.25) is 0 Å². The maximum absolute atomic E-state index is 12.8. The van der Waals surface area contributed by atoms with Gasteiger partial charge < -0.3 is 10.6 Å². The Kier molecular flexibility index (Phi) is 6.03. The first-order chi connectivity index (χ1) is 11.6. The molecule has 0 saturated heterocycles. The molecule has 0 aliphatic heterocycles. The lowest BCUT2D eigenvalue weighted by Gasteiger charge is -2.07. The summed E-state index contributed by atoms with van der Waals surface area (Å²) < 4.78 is 12.8. The van der Waals surface area contributed by atoms with Gasteiger partial charge in [-0.05, 0) is 35.4 Å². The minimum absolute atomic E-state index is 0.159. The second kappa shape index (κ2) is 8.44. The summed E-state index contributed by atoms with van der Waals surface area (Å²) in [5, 5.41) is 13.8. The number of benzene rings is 2. The third-order valence-electron chi connectivity index (χ3n) is 3.24. The Labute approximate surface area is 139 Å². The number of nitriles is 1. The molecule has 2 amide bonds. The predicted molar refractivity (Wildman–Crippen MR) is 87.3 cm³/mol. The van der Waals surface area contributed by atoms with E-state index in [-0.39, 0.29) is 30.5 Å². The number of carbonyl (C=O) groups excluding carboxylic acids is 2. The van der Waals surface area contributed by atoms with Crippen LogP contribution in [0.1, 0.15) is 17.5 Å². The average Bonchev–Trinajstić information content (AvgIpc) is 2.56. The van der Waals surface area contributed by atoms with Crippen LogP contribution in [0.25, 0.3) is 0 Å². The second-order valence-corrected chi connectivity index (χ2v) is 5.16. The molecule has 0 fully saturated rings. The molecule has 2 N–H and O–H groups in total. The van der Waals surface area contributed by atoms with Gasteiger partial charge in [-0.1, -0.05) is 24.3 Å². The molecule has 0 aliphatic carbocycles. The molecular weight excluding hydrogens is 309 g/mol. The lowest BCUT2D eigenvalue weighted by molar-refractivity contribution is -0.120. The fraction of sp³-hybridized carbons (Fsp3) is 0.167. The van der Waals surface area contributed by atoms with Gasteiger partial charge in [0, 0.05) is 12.2 Å². The molecule has 2 aromatic carbocycles. The Morgan fingerprint density at radius 3 is 2.21 bits per heavy atom. The summed E-state index contributed by atoms with van der Waals surface area (Å²) >= 11 is 0. The molecule has 0 heterocycles. The van der Waals surface area contributed by atoms with E-state index in [0.717, 1.165) is 11.1 Å². The van der Waals surface area contributed by atoms with Crippen molar-refractivity contribution in [2.75, 3.05) is 5.32 Å². The van der Waals surface area contributed by atoms with Gasteiger partial charge in [0.05, 0.1) is 12.5 Å². The van der Waals surface area contributed by atoms with Gasteiger partial charge in [0.2, 0.25) is 11.8 Å². The number of hydrogen-bond acceptors (Lipinski definition) is 3. The number of halogens is 1. The lowest BCUT2D eigenvalue weighted by Crippen LogP contribution is -2.21. The van der Waals surface area contributed by atoms with Crippen molar-refractivity contribution in [1.29, 1.82) is 5.26 Å². The van der Waals surface area contributed by atoms with Crippen LogP contribution in [0.4, 0.5) is 10.1 Å². The average molecular weight is 325 g/mol. The summed E-state index contributed by atoms with van der Waals surface area (Å²) in [5.74, 6) is -0.859. The second-order valence-electron chi connectivity index (χ2n) is 5.16. The van der Waals surface area contributed by atoms with Gasteiger partial charge in [-0.25, -0.2) is 4.39 Å². The standard InChI is InChI=1S/C18H16FN3O2/c19-15-5-1-13(2-6-15)11-18(24)22-16-7-3-14(4-8-16)12-21-17(23)9-10-20/h1-8H,9,11-12H2,(H,21,23)(H,22,24). The summed E-state index contributed by atoms with van der Waals surface area (Å²) in [4.78, 5) is 23.2. The van der Waals surface area contributed by atoms with Gasteiger partial charge >= 0.3 is 0 Å². The molecule has 0 atom stereocenters. The SMILES string of the molecule is N#CCC(=O)NCc1ccc(NC(=O)Cc2ccc(F)cc2)cc1. The Morgan fingerprint density at radius 1 is 0.958 bits per heavy atom. The quantitative estimate of drug-likeness (QED) is 0.856. The molecule has 5 nitrogen and oxygen atoms in total. The van der Waals surface area contributed by atoms with Crippen LogP contribution in [-0.2, 0) is 22.6 Å². The monoisotopic (exact) mass is 325 g/mol. The minimum Gasteiger partial charge on any atom is -0.351 e. The highest BCUT2D eigenvalue weighted by Gasteiger charge is 2.05. The van der Waals surface area contributed by atoms with Crippen LogP contribution >= 0.6 is 0 Å². The van der Waals surface area contributed by atoms with Crippen LogP contribution in [0.15, 0.2) is 48.5 Å². The highest BCUT2D eigenvalue weighted by molar-refractivity contribution is 5.92. The summed E-state index contributed by atoms with van der Waals surface area (Å²) in [7, 11) is 0. The van der Waals surface area contributed by atoms with Crippen molar-refractivity contribution in [3.05, 3.63) is 65.5 Å². The van der Waals surface area contributed by atoms with Crippen LogP contribution < -0.4 is 10.6 Å². The molecule has 0 aromatic heterocycles. The van der Waals surface area contributed by atoms with Gasteiger partial charge in [-0.3, -0.25) is 9.59 Å². The molecule has 0 saturated carbocycles. The number of amides is 2. The first-order valence-corrected chi connectivity index (χ1v) is 7.33. The maximum atomic E-state index is 12.8. The first-order valence-electron chi connectivity index (χ1n) is 7.33. The van der Waals surface area contributed by atoms with E-state index in [1.165, 1.54) is 12.1 Å². The number of carbonyl (C=O) groups is 2. The highest BCUT2D eigenvalue weighted by atomic mass is 19.1. The number of hydrogen-bond donors (Lipinski definition) is 2. The van der Waals surface area contributed by atoms with Crippen molar-refractivity contribution in [3.8, 4) is 6.07 Å². The Balaban J connectivity index is 1.84. The van der Waals surface area contributed by atoms with E-state index in [1.807, 2.05) is 0 Å². The Hall–Kier alpha value is -3.20. The molecule has 0 bridgehead atoms. The molecule has 0 radical (unpaired) electrons. The zero-order valence-corrected chi connectivity index (χ0v) is 12.9. The van der Waals surface area contributed by atoms with E-state index in [9.17, 15) is 14.0 Å². The third-order valence-corrected chi connectivity index (χ3v) is 3.24. The molecule has 24 heavy (non-hydrogen) atoms. The molecule has 122 valence electrons. The van der Waals surface area contributed by atoms with Crippen molar-refractivity contribution in [1.82, 2.24) is 5.32 Å². The summed E-state index contributed by atoms with van der Waals surface area (Å²) in [6.07, 6.45) is -0.0101. The number of rotatable bonds is 6. The number of nitrogens with one attached hydrogen (secondary N) is 2. The molecule has 0 unspecified atom stereocenters. The van der Waals surface area contributed by atoms with Gasteiger partial charge in [0.1, 0.15) is 12.2 Å². The Bertz CT molecular complexity index is 749. The topological polar surface area (TPSA) is 82.0 Å². The summed E-state index contributed by atoms with van der Waals surface area (Å²) in [6, 6.07) is 14.6. The number of nitrogens with zero attached hydrogens (tertiary/aromatic N) is 1. The van der Waals surface area contributed by atoms with Gasteiger partial charge in [0.15, 0.2) is 0 Å². The van der Waals surface area contributed by atoms with Gasteiger partial charge in [0.25, 0.3) is 0 Å². The van der Waals surface area contributed by atoms with E-state index in [1.54, 1.807) is 42.5 Å². The molecule has 2 rings (SSSR count). The molecule has 0 spiro atoms. The van der Waals surface area contributed by atoms with Crippen molar-refractivity contribution < 1.29 is 14.0 Å². The van der Waals surface area contributed by atoms with Gasteiger partial charge in [-0.2, -0.15) is 5.26 Å². The van der Waals surface area contributed by atoms with Gasteiger partial charge in [-0.15, -0.1) is 0 Å². The van der Waals surface area contributed by atoms with Crippen molar-refractivity contribution in [3.63, 3.8) is 0 Å². The number of anilines is 1. The van der Waals surface area contributed by atoms with E-state index in [4.69, 9.17) is 5.26 Å². The predicted octanol–water partition coefficient (Wildman–Crippen LogP) is 2.54. The van der Waals surface area contributed by atoms with Crippen molar-refractivity contribution in [2.45, 2.75) is 19.4 Å². The van der Waals surface area contributed by atoms with Crippen LogP contribution in [0.5, 0.6) is 0 Å². The molecular formula is C18H16FN3O2. The van der Waals surface area contributed by atoms with E-state index >= 15 is 0 Å². The summed E-state index contributed by atoms with van der Waals surface area (Å²) in [6.45, 7) is 0.324. The first kappa shape index (κ1) is 17.2. The fourth-order valence-corrected chi connectivity index (χ4v) is 2.03. The molecule has 0 aliphatic rings. The molecule has 6 heteroatoms. The van der Waals surface area contributed by atoms with E-state index in [2.05, 4.69) is 10.6 Å².